The fraction of sp³-hybridized carbons (Fsp3) is 0.750. The molecule has 0 aromatic heterocycles. The zero-order valence-corrected chi connectivity index (χ0v) is 7.05. The average molecular weight is 143 g/mol. The molecule has 60 valence electrons. The van der Waals surface area contributed by atoms with Crippen LogP contribution in [0.5, 0.6) is 0 Å². The van der Waals surface area contributed by atoms with Crippen LogP contribution in [0, 0.1) is 5.92 Å². The summed E-state index contributed by atoms with van der Waals surface area (Å²) in [6, 6.07) is 0. The molecule has 0 unspecified atom stereocenters. The largest absolute Gasteiger partial charge is 0.301 e. The third kappa shape index (κ3) is 7.66. The van der Waals surface area contributed by atoms with E-state index in [1.54, 1.807) is 0 Å². The van der Waals surface area contributed by atoms with E-state index in [0.29, 0.717) is 5.92 Å². The third-order valence-electron chi connectivity index (χ3n) is 0.956. The summed E-state index contributed by atoms with van der Waals surface area (Å²) in [5.74, 6) is 0.595. The molecule has 0 spiro atoms. The summed E-state index contributed by atoms with van der Waals surface area (Å²) in [5, 5.41) is 0. The van der Waals surface area contributed by atoms with Crippen LogP contribution in [0.3, 0.4) is 0 Å². The molecule has 0 radical (unpaired) electrons. The van der Waals surface area contributed by atoms with Crippen molar-refractivity contribution in [2.75, 3.05) is 13.2 Å². The first-order valence-electron chi connectivity index (χ1n) is 3.73. The number of hydroxylamine groups is 1. The first-order chi connectivity index (χ1) is 4.77. The molecule has 2 nitrogen and oxygen atoms in total. The van der Waals surface area contributed by atoms with Gasteiger partial charge in [0.2, 0.25) is 0 Å². The van der Waals surface area contributed by atoms with Crippen LogP contribution in [0.25, 0.3) is 0 Å². The molecule has 0 aliphatic heterocycles. The molecule has 0 aliphatic rings. The average Bonchev–Trinajstić information content (AvgIpc) is 1.87. The van der Waals surface area contributed by atoms with Gasteiger partial charge in [-0.2, -0.15) is 5.48 Å². The highest BCUT2D eigenvalue weighted by Gasteiger charge is 1.90. The van der Waals surface area contributed by atoms with Crippen molar-refractivity contribution < 1.29 is 4.84 Å². The van der Waals surface area contributed by atoms with Crippen molar-refractivity contribution >= 4 is 0 Å². The first kappa shape index (κ1) is 9.66. The molecular weight excluding hydrogens is 126 g/mol. The Bertz CT molecular complexity index is 89.3. The van der Waals surface area contributed by atoms with Gasteiger partial charge in [-0.3, -0.25) is 0 Å². The van der Waals surface area contributed by atoms with Crippen molar-refractivity contribution in [3.05, 3.63) is 12.2 Å². The van der Waals surface area contributed by atoms with E-state index < -0.39 is 0 Å². The van der Waals surface area contributed by atoms with Gasteiger partial charge in [0.25, 0.3) is 0 Å². The summed E-state index contributed by atoms with van der Waals surface area (Å²) >= 11 is 0. The molecule has 0 aliphatic carbocycles. The highest BCUT2D eigenvalue weighted by Crippen LogP contribution is 1.88. The van der Waals surface area contributed by atoms with Crippen LogP contribution in [0.1, 0.15) is 20.8 Å². The summed E-state index contributed by atoms with van der Waals surface area (Å²) in [7, 11) is 0. The Hall–Kier alpha value is -0.340. The molecular formula is C8H17NO. The fourth-order valence-electron chi connectivity index (χ4n) is 0.450. The highest BCUT2D eigenvalue weighted by molar-refractivity contribution is 4.77. The molecule has 2 heteroatoms. The maximum absolute atomic E-state index is 5.10. The van der Waals surface area contributed by atoms with E-state index in [-0.39, 0.29) is 0 Å². The van der Waals surface area contributed by atoms with Crippen LogP contribution in [-0.4, -0.2) is 13.2 Å². The predicted octanol–water partition coefficient (Wildman–Crippen LogP) is 1.74. The minimum Gasteiger partial charge on any atom is -0.301 e. The number of rotatable bonds is 5. The Balaban J connectivity index is 2.91. The minimum absolute atomic E-state index is 0.595. The van der Waals surface area contributed by atoms with Crippen molar-refractivity contribution in [1.82, 2.24) is 5.48 Å². The summed E-state index contributed by atoms with van der Waals surface area (Å²) in [6.45, 7) is 7.81. The third-order valence-corrected chi connectivity index (χ3v) is 0.956. The van der Waals surface area contributed by atoms with E-state index in [0.717, 1.165) is 13.2 Å². The SMILES string of the molecule is C/C=C/CNOCC(C)C. The molecule has 0 aromatic carbocycles. The fourth-order valence-corrected chi connectivity index (χ4v) is 0.450. The monoisotopic (exact) mass is 143 g/mol. The zero-order chi connectivity index (χ0) is 7.82. The molecule has 1 N–H and O–H groups in total. The molecule has 0 aromatic rings. The lowest BCUT2D eigenvalue weighted by Gasteiger charge is -2.04. The Labute approximate surface area is 63.2 Å². The van der Waals surface area contributed by atoms with Crippen molar-refractivity contribution in [3.8, 4) is 0 Å². The molecule has 0 saturated heterocycles. The van der Waals surface area contributed by atoms with Crippen LogP contribution in [0.4, 0.5) is 0 Å². The molecule has 10 heavy (non-hydrogen) atoms. The van der Waals surface area contributed by atoms with E-state index in [1.165, 1.54) is 0 Å². The smallest absolute Gasteiger partial charge is 0.0705 e. The van der Waals surface area contributed by atoms with Crippen molar-refractivity contribution in [2.24, 2.45) is 5.92 Å². The standard InChI is InChI=1S/C8H17NO/c1-4-5-6-9-10-7-8(2)3/h4-5,8-9H,6-7H2,1-3H3/b5-4+. The second kappa shape index (κ2) is 6.78. The summed E-state index contributed by atoms with van der Waals surface area (Å²) in [6.07, 6.45) is 4.01. The number of nitrogens with one attached hydrogen (secondary N) is 1. The zero-order valence-electron chi connectivity index (χ0n) is 7.05. The van der Waals surface area contributed by atoms with Crippen molar-refractivity contribution in [2.45, 2.75) is 20.8 Å². The van der Waals surface area contributed by atoms with Crippen LogP contribution >= 0.6 is 0 Å². The second-order valence-corrected chi connectivity index (χ2v) is 2.62. The topological polar surface area (TPSA) is 21.3 Å². The van der Waals surface area contributed by atoms with E-state index in [2.05, 4.69) is 19.3 Å². The second-order valence-electron chi connectivity index (χ2n) is 2.62. The van der Waals surface area contributed by atoms with Gasteiger partial charge in [0, 0.05) is 6.54 Å². The lowest BCUT2D eigenvalue weighted by atomic mass is 10.2. The van der Waals surface area contributed by atoms with Gasteiger partial charge in [0.15, 0.2) is 0 Å². The van der Waals surface area contributed by atoms with Crippen LogP contribution in [-0.2, 0) is 4.84 Å². The molecule has 0 amide bonds. The van der Waals surface area contributed by atoms with E-state index in [9.17, 15) is 0 Å². The predicted molar refractivity (Wildman–Crippen MR) is 43.6 cm³/mol. The Morgan fingerprint density at radius 1 is 1.50 bits per heavy atom. The van der Waals surface area contributed by atoms with E-state index in [4.69, 9.17) is 4.84 Å². The molecule has 0 atom stereocenters. The minimum atomic E-state index is 0.595. The van der Waals surface area contributed by atoms with Gasteiger partial charge in [-0.25, -0.2) is 0 Å². The number of hydrogen-bond acceptors (Lipinski definition) is 2. The maximum atomic E-state index is 5.10. The number of allylic oxidation sites excluding steroid dienone is 1. The highest BCUT2D eigenvalue weighted by atomic mass is 16.6. The van der Waals surface area contributed by atoms with Gasteiger partial charge >= 0.3 is 0 Å². The Kier molecular flexibility index (Phi) is 6.55. The maximum Gasteiger partial charge on any atom is 0.0705 e. The van der Waals surface area contributed by atoms with Gasteiger partial charge in [0.05, 0.1) is 6.61 Å². The normalized spacial score (nSPS) is 11.6. The van der Waals surface area contributed by atoms with Gasteiger partial charge in [-0.1, -0.05) is 26.0 Å². The Morgan fingerprint density at radius 2 is 2.20 bits per heavy atom. The van der Waals surface area contributed by atoms with Gasteiger partial charge < -0.3 is 4.84 Å². The van der Waals surface area contributed by atoms with Gasteiger partial charge in [0.1, 0.15) is 0 Å². The number of hydrogen-bond donors (Lipinski definition) is 1. The van der Waals surface area contributed by atoms with Gasteiger partial charge in [-0.15, -0.1) is 0 Å². The van der Waals surface area contributed by atoms with E-state index in [1.807, 2.05) is 19.1 Å². The molecule has 0 fully saturated rings. The van der Waals surface area contributed by atoms with Crippen LogP contribution in [0.15, 0.2) is 12.2 Å². The molecule has 0 heterocycles. The van der Waals surface area contributed by atoms with Gasteiger partial charge in [-0.05, 0) is 12.8 Å². The molecule has 0 bridgehead atoms. The lowest BCUT2D eigenvalue weighted by Crippen LogP contribution is -2.17. The summed E-state index contributed by atoms with van der Waals surface area (Å²) in [4.78, 5) is 5.10. The van der Waals surface area contributed by atoms with Crippen molar-refractivity contribution in [3.63, 3.8) is 0 Å². The van der Waals surface area contributed by atoms with Crippen molar-refractivity contribution in [1.29, 1.82) is 0 Å². The van der Waals surface area contributed by atoms with Crippen LogP contribution < -0.4 is 5.48 Å². The summed E-state index contributed by atoms with van der Waals surface area (Å²) in [5.41, 5.74) is 2.83. The molecule has 0 rings (SSSR count). The molecule has 0 saturated carbocycles. The van der Waals surface area contributed by atoms with Crippen LogP contribution in [0.2, 0.25) is 0 Å². The quantitative estimate of drug-likeness (QED) is 0.359. The van der Waals surface area contributed by atoms with E-state index >= 15 is 0 Å². The Morgan fingerprint density at radius 3 is 2.70 bits per heavy atom. The summed E-state index contributed by atoms with van der Waals surface area (Å²) < 4.78 is 0. The first-order valence-corrected chi connectivity index (χ1v) is 3.73. The lowest BCUT2D eigenvalue weighted by molar-refractivity contribution is 0.0306.